The lowest BCUT2D eigenvalue weighted by molar-refractivity contribution is -0.126. The highest BCUT2D eigenvalue weighted by Crippen LogP contribution is 2.50. The van der Waals surface area contributed by atoms with E-state index >= 15 is 4.39 Å². The second-order valence-electron chi connectivity index (χ2n) is 18.9. The van der Waals surface area contributed by atoms with Crippen LogP contribution >= 0.6 is 0 Å². The number of carbonyl (C=O) groups is 1. The highest BCUT2D eigenvalue weighted by Gasteiger charge is 2.35. The molecule has 1 heterocycles. The first kappa shape index (κ1) is 50.4. The molecule has 5 rings (SSSR count). The minimum Gasteiger partial charge on any atom is -0.383 e. The lowest BCUT2D eigenvalue weighted by Gasteiger charge is -2.35. The quantitative estimate of drug-likeness (QED) is 0.0334. The Hall–Kier alpha value is -5.62. The average molecular weight is 884 g/mol. The molecule has 65 heavy (non-hydrogen) atoms. The van der Waals surface area contributed by atoms with Crippen molar-refractivity contribution in [2.75, 3.05) is 32.9 Å². The van der Waals surface area contributed by atoms with Gasteiger partial charge in [-0.15, -0.1) is 6.58 Å². The number of carbonyl (C=O) groups excluding carboxylic acids is 1. The van der Waals surface area contributed by atoms with E-state index in [4.69, 9.17) is 17.2 Å². The van der Waals surface area contributed by atoms with Gasteiger partial charge < -0.3 is 38.1 Å². The van der Waals surface area contributed by atoms with Crippen LogP contribution in [0.15, 0.2) is 92.2 Å². The first-order valence-electron chi connectivity index (χ1n) is 23.0. The Bertz CT molecular complexity index is 2390. The van der Waals surface area contributed by atoms with Gasteiger partial charge in [-0.25, -0.2) is 14.4 Å². The number of anilines is 1. The maximum absolute atomic E-state index is 15.4. The Labute approximate surface area is 388 Å². The largest absolute Gasteiger partial charge is 0.383 e. The summed E-state index contributed by atoms with van der Waals surface area (Å²) in [6, 6.07) is 15.1. The summed E-state index contributed by atoms with van der Waals surface area (Å²) in [6.07, 6.45) is 6.97. The standard InChI is InChI=1S/C54H74FN9O/c1-14-32(4)60-53(65)50(64(13)36(8)33(5)61-34(6)48-35(7)62-52(63-51(48)58)43-23-21-40(30-46(43)55)54(9,10)11)39-28-38(18-15-16-24-56)49-42(19-17-25-57)41-22-20-37(26-44(41)45(49)29-39)27-47(59-12)31(2)3/h14,20-23,26,28-30,32-33,42,47,50,59,61H,1-2,6,8,15-19,24-25,27,56-57H2,3-5,7,9-13H3,(H,60,65)(H2,58,62,63)/t32-,33-,42?,47?,50?/m0/s1. The summed E-state index contributed by atoms with van der Waals surface area (Å²) in [4.78, 5) is 25.8. The minimum absolute atomic E-state index is 0.139. The summed E-state index contributed by atoms with van der Waals surface area (Å²) in [5.41, 5.74) is 31.1. The number of benzene rings is 3. The number of fused-ring (bicyclic) bond motifs is 3. The van der Waals surface area contributed by atoms with E-state index in [1.807, 2.05) is 59.7 Å². The molecule has 5 atom stereocenters. The normalized spacial score (nSPS) is 15.0. The van der Waals surface area contributed by atoms with E-state index in [-0.39, 0.29) is 46.5 Å². The predicted octanol–water partition coefficient (Wildman–Crippen LogP) is 9.14. The minimum atomic E-state index is -0.762. The first-order chi connectivity index (χ1) is 30.7. The van der Waals surface area contributed by atoms with Gasteiger partial charge in [-0.1, -0.05) is 82.5 Å². The molecule has 11 heteroatoms. The molecule has 1 aromatic heterocycles. The maximum Gasteiger partial charge on any atom is 0.247 e. The second kappa shape index (κ2) is 21.6. The van der Waals surface area contributed by atoms with E-state index < -0.39 is 17.9 Å². The van der Waals surface area contributed by atoms with Crippen molar-refractivity contribution in [2.45, 2.75) is 122 Å². The SMILES string of the molecule is C=C[C@H](C)NC(=O)C(c1cc(CCCCN)c2c(c1)-c1cc(CC(NC)C(=C)C)ccc1C2CCCN)N(C)C(=C)[C@H](C)NC(=C)c1c(C)nc(-c2ccc(C(C)(C)C)cc2F)nc1N. The number of nitrogens with two attached hydrogens (primary N) is 3. The Kier molecular flexibility index (Phi) is 16.7. The van der Waals surface area contributed by atoms with Crippen molar-refractivity contribution >= 4 is 17.4 Å². The van der Waals surface area contributed by atoms with Gasteiger partial charge in [0.05, 0.1) is 22.9 Å². The van der Waals surface area contributed by atoms with Crippen molar-refractivity contribution in [1.29, 1.82) is 0 Å². The van der Waals surface area contributed by atoms with Crippen LogP contribution in [-0.4, -0.2) is 66.1 Å². The Morgan fingerprint density at radius 3 is 2.26 bits per heavy atom. The predicted molar refractivity (Wildman–Crippen MR) is 270 cm³/mol. The molecule has 3 aromatic carbocycles. The zero-order valence-electron chi connectivity index (χ0n) is 40.4. The molecule has 1 amide bonds. The summed E-state index contributed by atoms with van der Waals surface area (Å²) in [7, 11) is 3.87. The number of amides is 1. The monoisotopic (exact) mass is 884 g/mol. The first-order valence-corrected chi connectivity index (χ1v) is 23.0. The number of unbranched alkanes of at least 4 members (excludes halogenated alkanes) is 1. The molecular formula is C54H74FN9O. The summed E-state index contributed by atoms with van der Waals surface area (Å²) < 4.78 is 15.4. The number of likely N-dealkylation sites (N-methyl/N-ethyl adjacent to an activating group) is 2. The van der Waals surface area contributed by atoms with Crippen molar-refractivity contribution in [1.82, 2.24) is 30.8 Å². The van der Waals surface area contributed by atoms with Gasteiger partial charge >= 0.3 is 0 Å². The van der Waals surface area contributed by atoms with Crippen LogP contribution < -0.4 is 33.2 Å². The number of nitrogen functional groups attached to an aromatic ring is 1. The number of nitrogens with zero attached hydrogens (tertiary/aromatic N) is 3. The maximum atomic E-state index is 15.4. The van der Waals surface area contributed by atoms with Crippen molar-refractivity contribution in [3.05, 3.63) is 143 Å². The third kappa shape index (κ3) is 11.4. The summed E-state index contributed by atoms with van der Waals surface area (Å²) in [5.74, 6) is -0.0523. The lowest BCUT2D eigenvalue weighted by Crippen LogP contribution is -2.44. The summed E-state index contributed by atoms with van der Waals surface area (Å²) in [6.45, 7) is 32.1. The smallest absolute Gasteiger partial charge is 0.247 e. The highest BCUT2D eigenvalue weighted by atomic mass is 19.1. The molecule has 0 spiro atoms. The highest BCUT2D eigenvalue weighted by molar-refractivity contribution is 5.87. The van der Waals surface area contributed by atoms with Gasteiger partial charge in [-0.05, 0) is 154 Å². The topological polar surface area (TPSA) is 160 Å². The van der Waals surface area contributed by atoms with E-state index in [2.05, 4.69) is 89.5 Å². The Morgan fingerprint density at radius 1 is 0.954 bits per heavy atom. The van der Waals surface area contributed by atoms with Crippen LogP contribution in [0.25, 0.3) is 28.2 Å². The fourth-order valence-corrected chi connectivity index (χ4v) is 9.05. The van der Waals surface area contributed by atoms with Crippen LogP contribution in [0, 0.1) is 12.7 Å². The molecule has 10 nitrogen and oxygen atoms in total. The number of aromatic nitrogens is 2. The van der Waals surface area contributed by atoms with Gasteiger partial charge in [0.2, 0.25) is 5.91 Å². The van der Waals surface area contributed by atoms with Crippen LogP contribution in [0.3, 0.4) is 0 Å². The van der Waals surface area contributed by atoms with Crippen molar-refractivity contribution < 1.29 is 9.18 Å². The van der Waals surface area contributed by atoms with Gasteiger partial charge in [0, 0.05) is 36.4 Å². The molecule has 0 saturated heterocycles. The molecule has 348 valence electrons. The number of hydrogen-bond donors (Lipinski definition) is 6. The van der Waals surface area contributed by atoms with E-state index in [0.29, 0.717) is 35.7 Å². The van der Waals surface area contributed by atoms with E-state index in [9.17, 15) is 4.79 Å². The molecule has 0 radical (unpaired) electrons. The van der Waals surface area contributed by atoms with Crippen LogP contribution in [0.2, 0.25) is 0 Å². The zero-order valence-corrected chi connectivity index (χ0v) is 40.4. The summed E-state index contributed by atoms with van der Waals surface area (Å²) >= 11 is 0. The van der Waals surface area contributed by atoms with Gasteiger partial charge in [0.1, 0.15) is 17.7 Å². The number of hydrogen-bond acceptors (Lipinski definition) is 9. The Morgan fingerprint density at radius 2 is 1.66 bits per heavy atom. The van der Waals surface area contributed by atoms with Crippen molar-refractivity contribution in [2.24, 2.45) is 11.5 Å². The van der Waals surface area contributed by atoms with E-state index in [1.54, 1.807) is 19.1 Å². The molecular weight excluding hydrogens is 810 g/mol. The van der Waals surface area contributed by atoms with Crippen molar-refractivity contribution in [3.8, 4) is 22.5 Å². The molecule has 0 fully saturated rings. The van der Waals surface area contributed by atoms with Crippen LogP contribution in [0.4, 0.5) is 10.2 Å². The van der Waals surface area contributed by atoms with Crippen molar-refractivity contribution in [3.63, 3.8) is 0 Å². The molecule has 9 N–H and O–H groups in total. The van der Waals surface area contributed by atoms with Gasteiger partial charge in [-0.2, -0.15) is 0 Å². The zero-order chi connectivity index (χ0) is 47.9. The Balaban J connectivity index is 1.54. The molecule has 0 saturated carbocycles. The molecule has 3 unspecified atom stereocenters. The van der Waals surface area contributed by atoms with Gasteiger partial charge in [0.25, 0.3) is 0 Å². The van der Waals surface area contributed by atoms with Crippen LogP contribution in [-0.2, 0) is 23.1 Å². The molecule has 0 aliphatic heterocycles. The third-order valence-corrected chi connectivity index (χ3v) is 12.9. The number of halogens is 1. The molecule has 4 aromatic rings. The van der Waals surface area contributed by atoms with Crippen LogP contribution in [0.1, 0.15) is 124 Å². The number of nitrogens with one attached hydrogen (secondary N) is 3. The van der Waals surface area contributed by atoms with Crippen LogP contribution in [0.5, 0.6) is 0 Å². The number of rotatable bonds is 22. The molecule has 1 aliphatic carbocycles. The number of aryl methyl sites for hydroxylation is 2. The lowest BCUT2D eigenvalue weighted by atomic mass is 9.85. The van der Waals surface area contributed by atoms with E-state index in [0.717, 1.165) is 60.8 Å². The van der Waals surface area contributed by atoms with Gasteiger partial charge in [-0.3, -0.25) is 4.79 Å². The second-order valence-corrected chi connectivity index (χ2v) is 18.9. The molecule has 1 aliphatic rings. The molecule has 0 bridgehead atoms. The van der Waals surface area contributed by atoms with Gasteiger partial charge in [0.15, 0.2) is 5.82 Å². The van der Waals surface area contributed by atoms with E-state index in [1.165, 1.54) is 33.9 Å². The third-order valence-electron chi connectivity index (χ3n) is 12.9. The fourth-order valence-electron chi connectivity index (χ4n) is 9.05. The summed E-state index contributed by atoms with van der Waals surface area (Å²) in [5, 5.41) is 10.1. The average Bonchev–Trinajstić information content (AvgIpc) is 3.56. The fraction of sp³-hybridized carbons (Fsp3) is 0.426.